The van der Waals surface area contributed by atoms with E-state index in [1.54, 1.807) is 54.6 Å². The Morgan fingerprint density at radius 2 is 1.50 bits per heavy atom. The molecule has 1 aliphatic rings. The number of carbonyl (C=O) groups excluding carboxylic acids is 1. The highest BCUT2D eigenvalue weighted by Crippen LogP contribution is 2.38. The second-order valence-corrected chi connectivity index (χ2v) is 10.5. The second-order valence-electron chi connectivity index (χ2n) is 10.0. The van der Waals surface area contributed by atoms with Crippen LogP contribution in [-0.4, -0.2) is 32.2 Å². The fraction of sp³-hybridized carbons (Fsp3) is 0.161. The molecule has 0 fully saturated rings. The van der Waals surface area contributed by atoms with Crippen LogP contribution in [0.4, 0.5) is 26.3 Å². The van der Waals surface area contributed by atoms with Gasteiger partial charge < -0.3 is 14.0 Å². The number of carbonyl (C=O) groups is 1. The van der Waals surface area contributed by atoms with Crippen molar-refractivity contribution in [1.82, 2.24) is 20.2 Å². The van der Waals surface area contributed by atoms with Crippen molar-refractivity contribution in [1.29, 1.82) is 0 Å². The van der Waals surface area contributed by atoms with Crippen molar-refractivity contribution in [2.45, 2.75) is 31.6 Å². The van der Waals surface area contributed by atoms with Crippen LogP contribution < -0.4 is 0 Å². The molecule has 3 aromatic carbocycles. The average Bonchev–Trinajstić information content (AvgIpc) is 3.78. The van der Waals surface area contributed by atoms with Gasteiger partial charge >= 0.3 is 12.4 Å². The van der Waals surface area contributed by atoms with E-state index < -0.39 is 42.1 Å². The van der Waals surface area contributed by atoms with Gasteiger partial charge in [-0.1, -0.05) is 64.4 Å². The first-order chi connectivity index (χ1) is 21.9. The monoisotopic (exact) mass is 660 g/mol. The molecule has 2 aromatic heterocycles. The number of rotatable bonds is 8. The summed E-state index contributed by atoms with van der Waals surface area (Å²) >= 11 is 6.42. The fourth-order valence-electron chi connectivity index (χ4n) is 4.91. The number of halogens is 7. The van der Waals surface area contributed by atoms with Gasteiger partial charge in [0.25, 0.3) is 0 Å². The highest BCUT2D eigenvalue weighted by molar-refractivity contribution is 6.33. The van der Waals surface area contributed by atoms with Gasteiger partial charge in [-0.15, -0.1) is 5.10 Å². The van der Waals surface area contributed by atoms with Crippen LogP contribution in [0, 0.1) is 0 Å². The van der Waals surface area contributed by atoms with E-state index in [4.69, 9.17) is 25.6 Å². The topological polar surface area (TPSA) is 92.3 Å². The summed E-state index contributed by atoms with van der Waals surface area (Å²) in [6, 6.07) is 15.9. The fourth-order valence-corrected chi connectivity index (χ4v) is 5.13. The first kappa shape index (κ1) is 30.9. The summed E-state index contributed by atoms with van der Waals surface area (Å²) in [5.74, 6) is -0.750. The van der Waals surface area contributed by atoms with Crippen LogP contribution in [-0.2, 0) is 34.8 Å². The Balaban J connectivity index is 1.49. The first-order valence-electron chi connectivity index (χ1n) is 13.4. The second kappa shape index (κ2) is 12.0. The summed E-state index contributed by atoms with van der Waals surface area (Å²) in [5, 5.41) is 12.4. The average molecular weight is 661 g/mol. The van der Waals surface area contributed by atoms with Gasteiger partial charge in [-0.2, -0.15) is 26.3 Å². The maximum atomic E-state index is 14.4. The molecule has 0 aliphatic carbocycles. The van der Waals surface area contributed by atoms with Gasteiger partial charge in [-0.05, 0) is 35.9 Å². The van der Waals surface area contributed by atoms with E-state index in [0.717, 1.165) is 4.68 Å². The highest BCUT2D eigenvalue weighted by atomic mass is 35.5. The third-order valence-electron chi connectivity index (χ3n) is 6.96. The number of hydrogen-bond donors (Lipinski definition) is 0. The lowest BCUT2D eigenvalue weighted by atomic mass is 9.97. The van der Waals surface area contributed by atoms with E-state index in [-0.39, 0.29) is 51.5 Å². The Kier molecular flexibility index (Phi) is 8.06. The predicted molar refractivity (Wildman–Crippen MR) is 150 cm³/mol. The zero-order valence-corrected chi connectivity index (χ0v) is 23.9. The number of alkyl halides is 6. The van der Waals surface area contributed by atoms with Crippen LogP contribution in [0.25, 0.3) is 22.6 Å². The molecule has 5 aromatic rings. The number of hydrogen-bond acceptors (Lipinski definition) is 7. The van der Waals surface area contributed by atoms with Crippen LogP contribution in [0.1, 0.15) is 38.4 Å². The van der Waals surface area contributed by atoms with Crippen LogP contribution in [0.2, 0.25) is 5.02 Å². The van der Waals surface area contributed by atoms with E-state index in [0.29, 0.717) is 23.3 Å². The molecule has 0 saturated heterocycles. The molecular formula is C31H19ClF6N4O4. The lowest BCUT2D eigenvalue weighted by Crippen LogP contribution is -2.16. The van der Waals surface area contributed by atoms with Crippen LogP contribution in [0.15, 0.2) is 89.8 Å². The Hall–Kier alpha value is -5.11. The van der Waals surface area contributed by atoms with Gasteiger partial charge in [0.05, 0.1) is 34.7 Å². The standard InChI is InChI=1S/C31H19ClF6N4O4/c32-22-9-5-4-8-21(22)29-25(23(40-46-29)15-24-44-10-11-45-24)28(43)26-27(18-6-2-1-3-7-18)42(41-39-26)16-17-12-19(30(33,34)35)14-20(13-17)31(36,37)38/h1-14,24H,15-16H2. The number of benzene rings is 3. The van der Waals surface area contributed by atoms with Crippen LogP contribution in [0.5, 0.6) is 0 Å². The summed E-state index contributed by atoms with van der Waals surface area (Å²) in [5.41, 5.74) is -2.82. The van der Waals surface area contributed by atoms with Crippen molar-refractivity contribution < 1.29 is 45.1 Å². The minimum absolute atomic E-state index is 0.00202. The number of nitrogens with zero attached hydrogens (tertiary/aromatic N) is 4. The predicted octanol–water partition coefficient (Wildman–Crippen LogP) is 7.96. The van der Waals surface area contributed by atoms with Gasteiger partial charge in [0.1, 0.15) is 23.9 Å². The molecule has 0 bridgehead atoms. The van der Waals surface area contributed by atoms with E-state index in [9.17, 15) is 31.1 Å². The van der Waals surface area contributed by atoms with Gasteiger partial charge in [0.15, 0.2) is 11.5 Å². The van der Waals surface area contributed by atoms with E-state index in [1.165, 1.54) is 12.5 Å². The lowest BCUT2D eigenvalue weighted by Gasteiger charge is -2.15. The number of aromatic nitrogens is 4. The zero-order valence-electron chi connectivity index (χ0n) is 23.1. The zero-order chi connectivity index (χ0) is 32.6. The first-order valence-corrected chi connectivity index (χ1v) is 13.8. The Morgan fingerprint density at radius 3 is 2.13 bits per heavy atom. The Labute approximate surface area is 260 Å². The van der Waals surface area contributed by atoms with Gasteiger partial charge in [0.2, 0.25) is 12.1 Å². The van der Waals surface area contributed by atoms with E-state index in [1.807, 2.05) is 0 Å². The largest absolute Gasteiger partial charge is 0.459 e. The quantitative estimate of drug-likeness (QED) is 0.123. The van der Waals surface area contributed by atoms with Crippen molar-refractivity contribution in [3.8, 4) is 22.6 Å². The molecule has 0 unspecified atom stereocenters. The molecule has 0 saturated carbocycles. The van der Waals surface area contributed by atoms with Crippen molar-refractivity contribution in [3.63, 3.8) is 0 Å². The maximum absolute atomic E-state index is 14.4. The molecule has 1 aliphatic heterocycles. The number of ether oxygens (including phenoxy) is 2. The summed E-state index contributed by atoms with van der Waals surface area (Å²) in [6.07, 6.45) is -8.34. The third kappa shape index (κ3) is 6.20. The molecule has 0 N–H and O–H groups in total. The lowest BCUT2D eigenvalue weighted by molar-refractivity contribution is -0.143. The SMILES string of the molecule is O=C(c1nnn(Cc2cc(C(F)(F)F)cc(C(F)(F)F)c2)c1-c1ccccc1)c1c(CC2OC=CO2)noc1-c1ccccc1Cl. The molecule has 8 nitrogen and oxygen atoms in total. The highest BCUT2D eigenvalue weighted by Gasteiger charge is 2.37. The maximum Gasteiger partial charge on any atom is 0.416 e. The smallest absolute Gasteiger partial charge is 0.416 e. The molecule has 0 atom stereocenters. The van der Waals surface area contributed by atoms with Crippen LogP contribution in [0.3, 0.4) is 0 Å². The van der Waals surface area contributed by atoms with E-state index >= 15 is 0 Å². The molecule has 46 heavy (non-hydrogen) atoms. The van der Waals surface area contributed by atoms with Crippen LogP contribution >= 0.6 is 11.6 Å². The summed E-state index contributed by atoms with van der Waals surface area (Å²) in [4.78, 5) is 14.4. The molecule has 0 spiro atoms. The van der Waals surface area contributed by atoms with Gasteiger partial charge in [0, 0.05) is 11.1 Å². The Bertz CT molecular complexity index is 1900. The minimum atomic E-state index is -5.05. The van der Waals surface area contributed by atoms with Gasteiger partial charge in [-0.3, -0.25) is 4.79 Å². The molecule has 6 rings (SSSR count). The number of ketones is 1. The molecule has 236 valence electrons. The summed E-state index contributed by atoms with van der Waals surface area (Å²) in [6.45, 7) is -0.583. The molecule has 0 radical (unpaired) electrons. The normalized spacial score (nSPS) is 13.5. The molecular weight excluding hydrogens is 642 g/mol. The van der Waals surface area contributed by atoms with Crippen molar-refractivity contribution in [2.75, 3.05) is 0 Å². The Morgan fingerprint density at radius 1 is 0.870 bits per heavy atom. The van der Waals surface area contributed by atoms with Crippen molar-refractivity contribution >= 4 is 17.4 Å². The summed E-state index contributed by atoms with van der Waals surface area (Å²) < 4.78 is 98.9. The van der Waals surface area contributed by atoms with Crippen molar-refractivity contribution in [2.24, 2.45) is 0 Å². The third-order valence-corrected chi connectivity index (χ3v) is 7.29. The van der Waals surface area contributed by atoms with E-state index in [2.05, 4.69) is 15.5 Å². The van der Waals surface area contributed by atoms with Gasteiger partial charge in [-0.25, -0.2) is 4.68 Å². The molecule has 3 heterocycles. The minimum Gasteiger partial charge on any atom is -0.459 e. The molecule has 15 heteroatoms. The van der Waals surface area contributed by atoms with Crippen molar-refractivity contribution in [3.05, 3.63) is 124 Å². The summed E-state index contributed by atoms with van der Waals surface area (Å²) in [7, 11) is 0. The molecule has 0 amide bonds.